The Kier molecular flexibility index (Phi) is 7.64. The monoisotopic (exact) mass is 552 g/mol. The lowest BCUT2D eigenvalue weighted by atomic mass is 9.43. The number of fused-ring (bicyclic) bond motifs is 5. The Bertz CT molecular complexity index is 1060. The van der Waals surface area contributed by atoms with Crippen LogP contribution in [0.5, 0.6) is 0 Å². The molecule has 4 saturated carbocycles. The summed E-state index contributed by atoms with van der Waals surface area (Å²) < 4.78 is 75.5. The molecule has 0 aliphatic heterocycles. The molecule has 0 heterocycles. The summed E-state index contributed by atoms with van der Waals surface area (Å²) >= 11 is 0. The molecular formula is C24H40O10S2. The average molecular weight is 553 g/mol. The van der Waals surface area contributed by atoms with Crippen molar-refractivity contribution in [1.82, 2.24) is 0 Å². The summed E-state index contributed by atoms with van der Waals surface area (Å²) in [4.78, 5) is 11.2. The molecule has 10 atom stereocenters. The van der Waals surface area contributed by atoms with Gasteiger partial charge in [-0.2, -0.15) is 16.8 Å². The molecule has 0 unspecified atom stereocenters. The Labute approximate surface area is 214 Å². The molecule has 4 aliphatic carbocycles. The van der Waals surface area contributed by atoms with Crippen LogP contribution in [-0.2, 0) is 34.0 Å². The fourth-order valence-electron chi connectivity index (χ4n) is 9.20. The predicted octanol–water partition coefficient (Wildman–Crippen LogP) is 4.13. The first-order valence-electron chi connectivity index (χ1n) is 13.1. The van der Waals surface area contributed by atoms with E-state index >= 15 is 0 Å². The van der Waals surface area contributed by atoms with E-state index in [1.807, 2.05) is 0 Å². The molecule has 0 aromatic heterocycles. The number of hydrogen-bond acceptors (Lipinski definition) is 7. The Morgan fingerprint density at radius 3 is 2.14 bits per heavy atom. The second kappa shape index (κ2) is 9.75. The summed E-state index contributed by atoms with van der Waals surface area (Å²) in [5.74, 6) is -0.0748. The molecule has 0 spiro atoms. The Morgan fingerprint density at radius 1 is 0.917 bits per heavy atom. The van der Waals surface area contributed by atoms with E-state index in [1.165, 1.54) is 0 Å². The van der Waals surface area contributed by atoms with E-state index in [9.17, 15) is 30.7 Å². The van der Waals surface area contributed by atoms with Gasteiger partial charge >= 0.3 is 26.8 Å². The molecule has 0 amide bonds. The molecule has 36 heavy (non-hydrogen) atoms. The smallest absolute Gasteiger partial charge is 0.397 e. The van der Waals surface area contributed by atoms with Crippen molar-refractivity contribution in [2.75, 3.05) is 0 Å². The minimum absolute atomic E-state index is 0.0750. The third-order valence-corrected chi connectivity index (χ3v) is 11.7. The van der Waals surface area contributed by atoms with Crippen molar-refractivity contribution < 1.29 is 44.2 Å². The molecule has 208 valence electrons. The fourth-order valence-corrected chi connectivity index (χ4v) is 10.2. The predicted molar refractivity (Wildman–Crippen MR) is 129 cm³/mol. The lowest BCUT2D eigenvalue weighted by Gasteiger charge is -2.62. The van der Waals surface area contributed by atoms with E-state index in [0.717, 1.165) is 25.7 Å². The third-order valence-electron chi connectivity index (χ3n) is 10.7. The topological polar surface area (TPSA) is 164 Å². The fraction of sp³-hybridized carbons (Fsp3) is 0.958. The summed E-state index contributed by atoms with van der Waals surface area (Å²) in [6, 6.07) is 0. The number of hydrogen-bond donors (Lipinski definition) is 3. The van der Waals surface area contributed by atoms with Crippen molar-refractivity contribution in [2.45, 2.75) is 97.2 Å². The van der Waals surface area contributed by atoms with Crippen LogP contribution in [0.2, 0.25) is 0 Å². The Hall–Kier alpha value is -0.790. The second-order valence-electron chi connectivity index (χ2n) is 12.3. The summed E-state index contributed by atoms with van der Waals surface area (Å²) in [5.41, 5.74) is -0.244. The minimum Gasteiger partial charge on any atom is -0.481 e. The Morgan fingerprint density at radius 2 is 1.53 bits per heavy atom. The van der Waals surface area contributed by atoms with E-state index in [1.54, 1.807) is 0 Å². The van der Waals surface area contributed by atoms with Crippen molar-refractivity contribution in [1.29, 1.82) is 0 Å². The van der Waals surface area contributed by atoms with Gasteiger partial charge in [-0.25, -0.2) is 8.37 Å². The van der Waals surface area contributed by atoms with Crippen molar-refractivity contribution in [3.8, 4) is 0 Å². The van der Waals surface area contributed by atoms with Gasteiger partial charge in [-0.05, 0) is 104 Å². The van der Waals surface area contributed by atoms with E-state index < -0.39 is 39.0 Å². The highest BCUT2D eigenvalue weighted by Gasteiger charge is 2.64. The van der Waals surface area contributed by atoms with Crippen molar-refractivity contribution >= 4 is 26.8 Å². The Balaban J connectivity index is 1.63. The lowest BCUT2D eigenvalue weighted by molar-refractivity contribution is -0.166. The largest absolute Gasteiger partial charge is 0.481 e. The minimum atomic E-state index is -4.70. The zero-order chi connectivity index (χ0) is 26.7. The average Bonchev–Trinajstić information content (AvgIpc) is 3.08. The molecule has 4 rings (SSSR count). The van der Waals surface area contributed by atoms with Gasteiger partial charge in [-0.3, -0.25) is 13.9 Å². The summed E-state index contributed by atoms with van der Waals surface area (Å²) in [5, 5.41) is 9.17. The normalized spacial score (nSPS) is 43.8. The highest BCUT2D eigenvalue weighted by Crippen LogP contribution is 2.69. The van der Waals surface area contributed by atoms with Gasteiger partial charge in [0.2, 0.25) is 0 Å². The first-order valence-corrected chi connectivity index (χ1v) is 15.8. The van der Waals surface area contributed by atoms with Gasteiger partial charge < -0.3 is 5.11 Å². The van der Waals surface area contributed by atoms with E-state index in [-0.39, 0.29) is 46.8 Å². The molecule has 12 heteroatoms. The molecule has 4 aliphatic rings. The van der Waals surface area contributed by atoms with Gasteiger partial charge in [-0.15, -0.1) is 0 Å². The van der Waals surface area contributed by atoms with Crippen LogP contribution < -0.4 is 0 Å². The maximum absolute atomic E-state index is 11.9. The lowest BCUT2D eigenvalue weighted by Crippen LogP contribution is -2.59. The zero-order valence-electron chi connectivity index (χ0n) is 21.2. The van der Waals surface area contributed by atoms with Crippen LogP contribution in [0, 0.1) is 46.3 Å². The standard InChI is InChI=1S/C24H40O10S2/c1-14(4-7-21(25)26)17-5-6-18-22-19(9-11-24(17,18)3)23(2)10-8-16(33-35(27,28)29)12-15(23)13-20(22)34-36(30,31)32/h14-20,22H,4-13H2,1-3H3,(H,25,26)(H,27,28,29)(H,30,31,32)/t14-,15+,16-,17-,18+,19+,20+,22+,23+,24-/m1/s1. The molecule has 0 radical (unpaired) electrons. The van der Waals surface area contributed by atoms with E-state index in [2.05, 4.69) is 20.8 Å². The summed E-state index contributed by atoms with van der Waals surface area (Å²) in [6.45, 7) is 6.58. The maximum atomic E-state index is 11.9. The van der Waals surface area contributed by atoms with Crippen LogP contribution in [0.3, 0.4) is 0 Å². The summed E-state index contributed by atoms with van der Waals surface area (Å²) in [6.07, 6.45) is 4.89. The molecular weight excluding hydrogens is 512 g/mol. The maximum Gasteiger partial charge on any atom is 0.397 e. The van der Waals surface area contributed by atoms with Gasteiger partial charge in [0.25, 0.3) is 0 Å². The molecule has 0 aromatic rings. The molecule has 10 nitrogen and oxygen atoms in total. The van der Waals surface area contributed by atoms with Crippen LogP contribution in [-0.4, -0.2) is 49.2 Å². The molecule has 0 saturated heterocycles. The van der Waals surface area contributed by atoms with Crippen LogP contribution in [0.1, 0.15) is 85.0 Å². The number of carboxylic acid groups (broad SMARTS) is 1. The molecule has 4 fully saturated rings. The molecule has 0 bridgehead atoms. The van der Waals surface area contributed by atoms with Crippen LogP contribution in [0.4, 0.5) is 0 Å². The van der Waals surface area contributed by atoms with Crippen LogP contribution >= 0.6 is 0 Å². The van der Waals surface area contributed by atoms with Gasteiger partial charge in [0.1, 0.15) is 0 Å². The SMILES string of the molecule is C[C@H](CCC(=O)O)[C@H]1CC[C@H]2[C@@H]3[C@@H](OS(=O)(=O)O)C[C@@H]4C[C@H](OS(=O)(=O)O)CC[C@]4(C)[C@H]3CC[C@]12C. The van der Waals surface area contributed by atoms with Gasteiger partial charge in [0, 0.05) is 6.42 Å². The quantitative estimate of drug-likeness (QED) is 0.373. The third kappa shape index (κ3) is 5.49. The number of aliphatic carboxylic acids is 1. The number of rotatable bonds is 8. The van der Waals surface area contributed by atoms with E-state index in [0.29, 0.717) is 38.0 Å². The second-order valence-corrected chi connectivity index (χ2v) is 14.4. The first kappa shape index (κ1) is 28.2. The zero-order valence-corrected chi connectivity index (χ0v) is 22.8. The number of carbonyl (C=O) groups is 1. The highest BCUT2D eigenvalue weighted by atomic mass is 32.3. The van der Waals surface area contributed by atoms with E-state index in [4.69, 9.17) is 13.5 Å². The van der Waals surface area contributed by atoms with Crippen molar-refractivity contribution in [3.63, 3.8) is 0 Å². The summed E-state index contributed by atoms with van der Waals surface area (Å²) in [7, 11) is -9.30. The van der Waals surface area contributed by atoms with Crippen molar-refractivity contribution in [3.05, 3.63) is 0 Å². The first-order chi connectivity index (χ1) is 16.5. The van der Waals surface area contributed by atoms with Gasteiger partial charge in [-0.1, -0.05) is 20.8 Å². The highest BCUT2D eigenvalue weighted by molar-refractivity contribution is 7.81. The van der Waals surface area contributed by atoms with Crippen molar-refractivity contribution in [2.24, 2.45) is 46.3 Å². The molecule has 3 N–H and O–H groups in total. The van der Waals surface area contributed by atoms with Gasteiger partial charge in [0.05, 0.1) is 12.2 Å². The van der Waals surface area contributed by atoms with Crippen LogP contribution in [0.25, 0.3) is 0 Å². The molecule has 0 aromatic carbocycles. The number of carboxylic acids is 1. The van der Waals surface area contributed by atoms with Crippen LogP contribution in [0.15, 0.2) is 0 Å². The van der Waals surface area contributed by atoms with Gasteiger partial charge in [0.15, 0.2) is 0 Å².